The molecule has 1 aliphatic carbocycles. The summed E-state index contributed by atoms with van der Waals surface area (Å²) in [5.41, 5.74) is 1.55. The van der Waals surface area contributed by atoms with Crippen LogP contribution in [0.3, 0.4) is 0 Å². The quantitative estimate of drug-likeness (QED) is 0.843. The average Bonchev–Trinajstić information content (AvgIpc) is 3.37. The van der Waals surface area contributed by atoms with Crippen LogP contribution in [0.15, 0.2) is 36.7 Å². The van der Waals surface area contributed by atoms with Crippen LogP contribution in [-0.2, 0) is 17.8 Å². The second-order valence-electron chi connectivity index (χ2n) is 6.75. The lowest BCUT2D eigenvalue weighted by Crippen LogP contribution is -2.35. The van der Waals surface area contributed by atoms with Crippen molar-refractivity contribution in [2.24, 2.45) is 11.8 Å². The molecule has 1 fully saturated rings. The van der Waals surface area contributed by atoms with Crippen molar-refractivity contribution in [2.75, 3.05) is 19.8 Å². The third-order valence-electron chi connectivity index (χ3n) is 4.64. The number of fused-ring (bicyclic) bond motifs is 1. The molecule has 1 atom stereocenters. The van der Waals surface area contributed by atoms with Gasteiger partial charge in [-0.05, 0) is 37.0 Å². The maximum absolute atomic E-state index is 12.8. The predicted molar refractivity (Wildman–Crippen MR) is 88.2 cm³/mol. The van der Waals surface area contributed by atoms with E-state index in [0.717, 1.165) is 24.8 Å². The summed E-state index contributed by atoms with van der Waals surface area (Å²) in [6.45, 7) is 3.54. The van der Waals surface area contributed by atoms with Crippen LogP contribution in [0.5, 0.6) is 0 Å². The van der Waals surface area contributed by atoms with Crippen LogP contribution in [0.1, 0.15) is 29.0 Å². The second kappa shape index (κ2) is 6.73. The first-order valence-corrected chi connectivity index (χ1v) is 8.58. The molecule has 1 amide bonds. The van der Waals surface area contributed by atoms with E-state index in [0.29, 0.717) is 25.4 Å². The van der Waals surface area contributed by atoms with Crippen LogP contribution >= 0.6 is 0 Å². The van der Waals surface area contributed by atoms with E-state index < -0.39 is 0 Å². The van der Waals surface area contributed by atoms with Gasteiger partial charge >= 0.3 is 0 Å². The highest BCUT2D eigenvalue weighted by molar-refractivity contribution is 5.92. The molecule has 0 radical (unpaired) electrons. The van der Waals surface area contributed by atoms with Crippen molar-refractivity contribution in [3.63, 3.8) is 0 Å². The Morgan fingerprint density at radius 3 is 2.79 bits per heavy atom. The molecule has 6 nitrogen and oxygen atoms in total. The Hall–Kier alpha value is -2.21. The minimum absolute atomic E-state index is 0.0301. The lowest BCUT2D eigenvalue weighted by atomic mass is 10.1. The first kappa shape index (κ1) is 15.3. The lowest BCUT2D eigenvalue weighted by molar-refractivity contribution is 0.0564. The predicted octanol–water partition coefficient (Wildman–Crippen LogP) is 1.98. The van der Waals surface area contributed by atoms with Crippen molar-refractivity contribution < 1.29 is 9.53 Å². The Kier molecular flexibility index (Phi) is 4.30. The van der Waals surface area contributed by atoms with Gasteiger partial charge < -0.3 is 9.64 Å². The highest BCUT2D eigenvalue weighted by atomic mass is 16.5. The number of hydrogen-bond acceptors (Lipinski definition) is 4. The maximum Gasteiger partial charge on any atom is 0.272 e. The van der Waals surface area contributed by atoms with E-state index in [4.69, 9.17) is 4.74 Å². The monoisotopic (exact) mass is 326 g/mol. The summed E-state index contributed by atoms with van der Waals surface area (Å²) in [7, 11) is 0. The molecule has 0 saturated heterocycles. The molecule has 0 unspecified atom stereocenters. The van der Waals surface area contributed by atoms with Crippen molar-refractivity contribution in [1.29, 1.82) is 0 Å². The summed E-state index contributed by atoms with van der Waals surface area (Å²) in [4.78, 5) is 18.9. The molecule has 126 valence electrons. The van der Waals surface area contributed by atoms with Gasteiger partial charge in [0.15, 0.2) is 0 Å². The smallest absolute Gasteiger partial charge is 0.272 e. The summed E-state index contributed by atoms with van der Waals surface area (Å²) in [5, 5.41) is 4.40. The number of ether oxygens (including phenoxy) is 1. The zero-order valence-electron chi connectivity index (χ0n) is 13.7. The van der Waals surface area contributed by atoms with Crippen LogP contribution in [0.2, 0.25) is 0 Å². The molecule has 0 N–H and O–H groups in total. The molecule has 0 aromatic carbocycles. The molecule has 2 aromatic heterocycles. The first-order chi connectivity index (χ1) is 11.8. The van der Waals surface area contributed by atoms with Crippen LogP contribution in [0.4, 0.5) is 0 Å². The molecular weight excluding hydrogens is 304 g/mol. The number of nitrogens with zero attached hydrogens (tertiary/aromatic N) is 4. The van der Waals surface area contributed by atoms with Crippen molar-refractivity contribution in [3.05, 3.63) is 48.0 Å². The normalized spacial score (nSPS) is 20.5. The average molecular weight is 326 g/mol. The Morgan fingerprint density at radius 1 is 1.12 bits per heavy atom. The van der Waals surface area contributed by atoms with Gasteiger partial charge in [0.25, 0.3) is 5.91 Å². The van der Waals surface area contributed by atoms with E-state index in [1.165, 1.54) is 12.8 Å². The first-order valence-electron chi connectivity index (χ1n) is 8.58. The van der Waals surface area contributed by atoms with E-state index in [-0.39, 0.29) is 11.8 Å². The van der Waals surface area contributed by atoms with Crippen molar-refractivity contribution >= 4 is 5.91 Å². The molecule has 2 aliphatic rings. The van der Waals surface area contributed by atoms with Gasteiger partial charge in [-0.3, -0.25) is 14.5 Å². The summed E-state index contributed by atoms with van der Waals surface area (Å²) < 4.78 is 7.88. The SMILES string of the molecule is O=C(c1ccccn1)N1Cc2ccnn2C[C@@H](COCC2CC2)C1. The summed E-state index contributed by atoms with van der Waals surface area (Å²) in [5.74, 6) is 0.970. The van der Waals surface area contributed by atoms with E-state index in [2.05, 4.69) is 10.1 Å². The molecule has 1 saturated carbocycles. The van der Waals surface area contributed by atoms with Gasteiger partial charge in [0.05, 0.1) is 18.8 Å². The van der Waals surface area contributed by atoms with Crippen molar-refractivity contribution in [2.45, 2.75) is 25.9 Å². The Bertz CT molecular complexity index is 696. The topological polar surface area (TPSA) is 60.2 Å². The molecule has 2 aromatic rings. The van der Waals surface area contributed by atoms with Gasteiger partial charge in [-0.15, -0.1) is 0 Å². The van der Waals surface area contributed by atoms with Gasteiger partial charge in [-0.2, -0.15) is 5.10 Å². The van der Waals surface area contributed by atoms with Crippen LogP contribution in [-0.4, -0.2) is 45.3 Å². The minimum Gasteiger partial charge on any atom is -0.381 e. The Balaban J connectivity index is 1.49. The fraction of sp³-hybridized carbons (Fsp3) is 0.500. The number of hydrogen-bond donors (Lipinski definition) is 0. The van der Waals surface area contributed by atoms with Crippen LogP contribution in [0.25, 0.3) is 0 Å². The standard InChI is InChI=1S/C18H22N4O2/c23-18(17-3-1-2-7-19-17)21-9-15(13-24-12-14-4-5-14)10-22-16(11-21)6-8-20-22/h1-3,6-8,14-15H,4-5,9-13H2/t15-/m0/s1. The third-order valence-corrected chi connectivity index (χ3v) is 4.64. The molecular formula is C18H22N4O2. The van der Waals surface area contributed by atoms with E-state index in [1.54, 1.807) is 18.5 Å². The zero-order chi connectivity index (χ0) is 16.4. The summed E-state index contributed by atoms with van der Waals surface area (Å²) >= 11 is 0. The molecule has 3 heterocycles. The Labute approximate surface area is 141 Å². The molecule has 24 heavy (non-hydrogen) atoms. The number of amides is 1. The van der Waals surface area contributed by atoms with Gasteiger partial charge in [0, 0.05) is 38.0 Å². The van der Waals surface area contributed by atoms with Crippen LogP contribution < -0.4 is 0 Å². The van der Waals surface area contributed by atoms with Gasteiger partial charge in [0.1, 0.15) is 5.69 Å². The number of pyridine rings is 1. The van der Waals surface area contributed by atoms with Crippen molar-refractivity contribution in [3.8, 4) is 0 Å². The zero-order valence-corrected chi connectivity index (χ0v) is 13.7. The van der Waals surface area contributed by atoms with E-state index >= 15 is 0 Å². The highest BCUT2D eigenvalue weighted by Crippen LogP contribution is 2.29. The van der Waals surface area contributed by atoms with Gasteiger partial charge in [-0.1, -0.05) is 6.07 Å². The third kappa shape index (κ3) is 3.48. The van der Waals surface area contributed by atoms with Gasteiger partial charge in [-0.25, -0.2) is 0 Å². The summed E-state index contributed by atoms with van der Waals surface area (Å²) in [6, 6.07) is 7.41. The van der Waals surface area contributed by atoms with Crippen molar-refractivity contribution in [1.82, 2.24) is 19.7 Å². The second-order valence-corrected chi connectivity index (χ2v) is 6.75. The molecule has 0 spiro atoms. The molecule has 0 bridgehead atoms. The number of aromatic nitrogens is 3. The largest absolute Gasteiger partial charge is 0.381 e. The van der Waals surface area contributed by atoms with Gasteiger partial charge in [0.2, 0.25) is 0 Å². The lowest BCUT2D eigenvalue weighted by Gasteiger charge is -2.23. The molecule has 6 heteroatoms. The Morgan fingerprint density at radius 2 is 2.00 bits per heavy atom. The highest BCUT2D eigenvalue weighted by Gasteiger charge is 2.28. The number of rotatable bonds is 5. The summed E-state index contributed by atoms with van der Waals surface area (Å²) in [6.07, 6.45) is 6.04. The fourth-order valence-corrected chi connectivity index (χ4v) is 3.13. The van der Waals surface area contributed by atoms with Crippen LogP contribution in [0, 0.1) is 11.8 Å². The number of carbonyl (C=O) groups excluding carboxylic acids is 1. The minimum atomic E-state index is -0.0301. The maximum atomic E-state index is 12.8. The fourth-order valence-electron chi connectivity index (χ4n) is 3.13. The molecule has 4 rings (SSSR count). The molecule has 1 aliphatic heterocycles. The van der Waals surface area contributed by atoms with E-state index in [1.807, 2.05) is 27.8 Å². The van der Waals surface area contributed by atoms with E-state index in [9.17, 15) is 4.79 Å². The number of carbonyl (C=O) groups is 1.